The van der Waals surface area contributed by atoms with Gasteiger partial charge < -0.3 is 29.6 Å². The average Bonchev–Trinajstić information content (AvgIpc) is 2.97. The van der Waals surface area contributed by atoms with Crippen molar-refractivity contribution in [2.45, 2.75) is 20.3 Å². The minimum atomic E-state index is 0. The van der Waals surface area contributed by atoms with E-state index in [1.165, 1.54) is 3.21 Å². The van der Waals surface area contributed by atoms with E-state index < -0.39 is 0 Å². The molecule has 0 aromatic carbocycles. The maximum absolute atomic E-state index is 5.09. The van der Waals surface area contributed by atoms with Crippen LogP contribution in [-0.2, 0) is 29.0 Å². The van der Waals surface area contributed by atoms with Crippen LogP contribution >= 0.6 is 0 Å². The van der Waals surface area contributed by atoms with Crippen molar-refractivity contribution < 1.29 is 53.8 Å². The number of ether oxygens (including phenoxy) is 1. The average molecular weight is 375 g/mol. The van der Waals surface area contributed by atoms with E-state index in [0.29, 0.717) is 5.92 Å². The third-order valence-corrected chi connectivity index (χ3v) is 1.98. The Morgan fingerprint density at radius 2 is 1.95 bits per heavy atom. The molecule has 1 atom stereocenters. The minimum absolute atomic E-state index is 0. The van der Waals surface area contributed by atoms with Crippen LogP contribution < -0.4 is 24.8 Å². The number of rotatable bonds is 0. The van der Waals surface area contributed by atoms with Gasteiger partial charge in [-0.1, -0.05) is 12.2 Å². The fourth-order valence-corrected chi connectivity index (χ4v) is 1.30. The van der Waals surface area contributed by atoms with Gasteiger partial charge in [0.1, 0.15) is 5.76 Å². The quantitative estimate of drug-likeness (QED) is 0.432. The summed E-state index contributed by atoms with van der Waals surface area (Å²) in [5, 5.41) is 0. The first-order chi connectivity index (χ1) is 8.20. The fourth-order valence-electron chi connectivity index (χ4n) is 1.30. The summed E-state index contributed by atoms with van der Waals surface area (Å²) in [7, 11) is 0. The van der Waals surface area contributed by atoms with Crippen LogP contribution in [0.4, 0.5) is 0 Å². The number of allylic oxidation sites excluding steroid dienone is 7. The fraction of sp³-hybridized carbons (Fsp3) is 0.267. The zero-order chi connectivity index (χ0) is 12.5. The largest absolute Gasteiger partial charge is 1.00 e. The molecule has 0 spiro atoms. The van der Waals surface area contributed by atoms with Gasteiger partial charge in [0, 0.05) is 0 Å². The van der Waals surface area contributed by atoms with E-state index in [-0.39, 0.29) is 24.8 Å². The Labute approximate surface area is 143 Å². The summed E-state index contributed by atoms with van der Waals surface area (Å²) < 4.78 is 6.60. The maximum Gasteiger partial charge on any atom is -0.109 e. The Kier molecular flexibility index (Phi) is 14.3. The Morgan fingerprint density at radius 1 is 1.26 bits per heavy atom. The number of hydrogen-bond acceptors (Lipinski definition) is 1. The predicted molar refractivity (Wildman–Crippen MR) is 68.9 cm³/mol. The normalized spacial score (nSPS) is 18.7. The van der Waals surface area contributed by atoms with E-state index in [9.17, 15) is 0 Å². The molecule has 0 aromatic rings. The summed E-state index contributed by atoms with van der Waals surface area (Å²) in [5.41, 5.74) is 0. The molecule has 1 unspecified atom stereocenters. The van der Waals surface area contributed by atoms with Crippen molar-refractivity contribution in [2.75, 3.05) is 0 Å². The summed E-state index contributed by atoms with van der Waals surface area (Å²) in [6.45, 7) is 4.25. The molecule has 3 rings (SSSR count). The third kappa shape index (κ3) is 10.3. The van der Waals surface area contributed by atoms with Crippen molar-refractivity contribution in [2.24, 2.45) is 5.92 Å². The second-order valence-corrected chi connectivity index (χ2v) is 6.39. The smallest absolute Gasteiger partial charge is 0.109 e. The summed E-state index contributed by atoms with van der Waals surface area (Å²) >= 11 is 1.55. The van der Waals surface area contributed by atoms with Crippen LogP contribution in [0.1, 0.15) is 20.3 Å². The second kappa shape index (κ2) is 12.8. The summed E-state index contributed by atoms with van der Waals surface area (Å²) in [5.74, 6) is 1.51. The van der Waals surface area contributed by atoms with E-state index in [4.69, 9.17) is 4.74 Å². The molecule has 0 saturated heterocycles. The molecule has 0 bridgehead atoms. The second-order valence-electron chi connectivity index (χ2n) is 3.93. The summed E-state index contributed by atoms with van der Waals surface area (Å²) in [6.07, 6.45) is 19.9. The summed E-state index contributed by atoms with van der Waals surface area (Å²) in [6, 6.07) is 0. The molecule has 0 amide bonds. The molecular weight excluding hydrogens is 358 g/mol. The molecule has 0 radical (unpaired) electrons. The van der Waals surface area contributed by atoms with Gasteiger partial charge in [-0.15, -0.1) is 6.42 Å². The SMILES string of the molecule is C1=CC2C=COC2=C1.C[C](C)=[Zr+2].[C-]1=CC=CC1.[Cl-].[Cl-]. The minimum Gasteiger partial charge on any atom is -1.00 e. The first-order valence-electron chi connectivity index (χ1n) is 5.65. The van der Waals surface area contributed by atoms with Gasteiger partial charge in [0.15, 0.2) is 0 Å². The van der Waals surface area contributed by atoms with Gasteiger partial charge in [-0.2, -0.15) is 6.08 Å². The van der Waals surface area contributed by atoms with Gasteiger partial charge >= 0.3 is 41.3 Å². The molecule has 0 fully saturated rings. The van der Waals surface area contributed by atoms with E-state index >= 15 is 0 Å². The first-order valence-corrected chi connectivity index (χ1v) is 6.88. The Balaban J connectivity index is 0. The first kappa shape index (κ1) is 21.1. The topological polar surface area (TPSA) is 9.23 Å². The monoisotopic (exact) mass is 373 g/mol. The van der Waals surface area contributed by atoms with Gasteiger partial charge in [0.25, 0.3) is 0 Å². The Bertz CT molecular complexity index is 392. The molecule has 19 heavy (non-hydrogen) atoms. The molecule has 1 aliphatic heterocycles. The van der Waals surface area contributed by atoms with Crippen molar-refractivity contribution in [3.05, 3.63) is 60.6 Å². The van der Waals surface area contributed by atoms with Gasteiger partial charge in [-0.3, -0.25) is 6.08 Å². The van der Waals surface area contributed by atoms with Crippen LogP contribution in [0.3, 0.4) is 0 Å². The number of hydrogen-bond donors (Lipinski definition) is 0. The number of fused-ring (bicyclic) bond motifs is 1. The maximum atomic E-state index is 5.09. The zero-order valence-electron chi connectivity index (χ0n) is 11.1. The van der Waals surface area contributed by atoms with E-state index in [1.807, 2.05) is 30.4 Å². The number of halogens is 2. The van der Waals surface area contributed by atoms with Crippen molar-refractivity contribution in [1.29, 1.82) is 0 Å². The van der Waals surface area contributed by atoms with Crippen LogP contribution in [0, 0.1) is 12.0 Å². The summed E-state index contributed by atoms with van der Waals surface area (Å²) in [4.78, 5) is 0. The van der Waals surface area contributed by atoms with E-state index in [1.54, 1.807) is 30.5 Å². The van der Waals surface area contributed by atoms with Crippen molar-refractivity contribution in [3.63, 3.8) is 0 Å². The molecule has 1 heterocycles. The standard InChI is InChI=1S/C7H6O.C5H5.C3H6.2ClH.Zr/c1-2-6-4-5-8-7(6)3-1;1-2-4-5-3-1;1-3-2;;;/h1-6H;1-3H,4H2;1-2H3;2*1H;/q;-1;;;;+2/p-2. The third-order valence-electron chi connectivity index (χ3n) is 1.98. The Morgan fingerprint density at radius 3 is 2.37 bits per heavy atom. The van der Waals surface area contributed by atoms with Gasteiger partial charge in [-0.05, 0) is 12.2 Å². The van der Waals surface area contributed by atoms with Crippen LogP contribution in [0.15, 0.2) is 54.6 Å². The zero-order valence-corrected chi connectivity index (χ0v) is 15.0. The molecular formula is C15H17Cl2OZr-. The van der Waals surface area contributed by atoms with Crippen LogP contribution in [0.5, 0.6) is 0 Å². The molecule has 0 N–H and O–H groups in total. The Hall–Kier alpha value is -0.167. The van der Waals surface area contributed by atoms with Crippen molar-refractivity contribution >= 4 is 3.21 Å². The molecule has 3 aliphatic rings. The molecule has 102 valence electrons. The molecule has 4 heteroatoms. The van der Waals surface area contributed by atoms with Gasteiger partial charge in [0.05, 0.1) is 12.2 Å². The molecule has 0 saturated carbocycles. The molecule has 2 aliphatic carbocycles. The van der Waals surface area contributed by atoms with Crippen LogP contribution in [0.2, 0.25) is 0 Å². The predicted octanol–water partition coefficient (Wildman–Crippen LogP) is -2.34. The van der Waals surface area contributed by atoms with Crippen LogP contribution in [-0.4, -0.2) is 3.21 Å². The van der Waals surface area contributed by atoms with Crippen LogP contribution in [0.25, 0.3) is 0 Å². The van der Waals surface area contributed by atoms with Gasteiger partial charge in [0.2, 0.25) is 0 Å². The van der Waals surface area contributed by atoms with Crippen molar-refractivity contribution in [1.82, 2.24) is 0 Å². The van der Waals surface area contributed by atoms with E-state index in [0.717, 1.165) is 12.2 Å². The van der Waals surface area contributed by atoms with Crippen molar-refractivity contribution in [3.8, 4) is 0 Å². The van der Waals surface area contributed by atoms with Gasteiger partial charge in [-0.25, -0.2) is 12.2 Å². The van der Waals surface area contributed by atoms with E-state index in [2.05, 4.69) is 32.1 Å². The molecule has 1 nitrogen and oxygen atoms in total. The molecule has 0 aromatic heterocycles.